The lowest BCUT2D eigenvalue weighted by Gasteiger charge is -2.16. The van der Waals surface area contributed by atoms with Crippen LogP contribution in [0, 0.1) is 5.92 Å². The summed E-state index contributed by atoms with van der Waals surface area (Å²) in [5, 5.41) is 4.15. The number of halogens is 1. The largest absolute Gasteiger partial charge is 0.491 e. The van der Waals surface area contributed by atoms with E-state index in [4.69, 9.17) is 16.3 Å². The summed E-state index contributed by atoms with van der Waals surface area (Å²) in [4.78, 5) is 0. The maximum absolute atomic E-state index is 6.21. The molecule has 0 bridgehead atoms. The lowest BCUT2D eigenvalue weighted by Crippen LogP contribution is -2.20. The molecule has 1 aromatic rings. The van der Waals surface area contributed by atoms with Crippen molar-refractivity contribution < 1.29 is 4.74 Å². The highest BCUT2D eigenvalue weighted by Crippen LogP contribution is 2.27. The number of hydrogen-bond acceptors (Lipinski definition) is 2. The Kier molecular flexibility index (Phi) is 5.79. The van der Waals surface area contributed by atoms with Gasteiger partial charge in [-0.1, -0.05) is 31.5 Å². The van der Waals surface area contributed by atoms with Crippen LogP contribution in [0.2, 0.25) is 5.02 Å². The third kappa shape index (κ3) is 4.97. The Balaban J connectivity index is 2.73. The van der Waals surface area contributed by atoms with E-state index in [0.717, 1.165) is 29.4 Å². The van der Waals surface area contributed by atoms with Crippen LogP contribution in [0.3, 0.4) is 0 Å². The molecule has 0 spiro atoms. The van der Waals surface area contributed by atoms with E-state index in [9.17, 15) is 0 Å². The van der Waals surface area contributed by atoms with Crippen LogP contribution in [-0.4, -0.2) is 12.6 Å². The van der Waals surface area contributed by atoms with Crippen molar-refractivity contribution in [2.45, 2.75) is 40.3 Å². The fourth-order valence-corrected chi connectivity index (χ4v) is 1.79. The summed E-state index contributed by atoms with van der Waals surface area (Å²) in [5.74, 6) is 1.51. The molecule has 0 fully saturated rings. The number of nitrogens with one attached hydrogen (secondary N) is 1. The quantitative estimate of drug-likeness (QED) is 0.833. The molecule has 1 rings (SSSR count). The third-order valence-electron chi connectivity index (χ3n) is 2.29. The summed E-state index contributed by atoms with van der Waals surface area (Å²) in [7, 11) is 0. The van der Waals surface area contributed by atoms with Crippen LogP contribution in [0.1, 0.15) is 33.3 Å². The van der Waals surface area contributed by atoms with Gasteiger partial charge in [-0.15, -0.1) is 0 Å². The third-order valence-corrected chi connectivity index (χ3v) is 2.65. The van der Waals surface area contributed by atoms with Crippen LogP contribution in [0.25, 0.3) is 0 Å². The molecule has 1 aromatic carbocycles. The van der Waals surface area contributed by atoms with Gasteiger partial charge in [0.15, 0.2) is 0 Å². The van der Waals surface area contributed by atoms with Gasteiger partial charge in [0.1, 0.15) is 5.75 Å². The maximum Gasteiger partial charge on any atom is 0.125 e. The molecule has 0 radical (unpaired) electrons. The van der Waals surface area contributed by atoms with Crippen LogP contribution >= 0.6 is 11.6 Å². The van der Waals surface area contributed by atoms with Crippen LogP contribution in [0.15, 0.2) is 18.2 Å². The van der Waals surface area contributed by atoms with E-state index < -0.39 is 0 Å². The Morgan fingerprint density at radius 3 is 2.53 bits per heavy atom. The number of rotatable bonds is 6. The summed E-state index contributed by atoms with van der Waals surface area (Å²) >= 11 is 6.21. The van der Waals surface area contributed by atoms with Crippen molar-refractivity contribution in [1.82, 2.24) is 5.32 Å². The molecule has 0 aliphatic heterocycles. The average molecular weight is 256 g/mol. The molecule has 0 aliphatic rings. The zero-order valence-corrected chi connectivity index (χ0v) is 11.8. The van der Waals surface area contributed by atoms with Crippen LogP contribution in [0.5, 0.6) is 5.75 Å². The van der Waals surface area contributed by atoms with Crippen molar-refractivity contribution in [2.75, 3.05) is 6.54 Å². The Labute approximate surface area is 109 Å². The van der Waals surface area contributed by atoms with Crippen molar-refractivity contribution in [1.29, 1.82) is 0 Å². The zero-order chi connectivity index (χ0) is 12.8. The Morgan fingerprint density at radius 2 is 1.94 bits per heavy atom. The fraction of sp³-hybridized carbons (Fsp3) is 0.571. The molecule has 3 heteroatoms. The van der Waals surface area contributed by atoms with Gasteiger partial charge in [0.25, 0.3) is 0 Å². The summed E-state index contributed by atoms with van der Waals surface area (Å²) in [6.45, 7) is 10.1. The van der Waals surface area contributed by atoms with Gasteiger partial charge in [0, 0.05) is 17.1 Å². The highest BCUT2D eigenvalue weighted by Gasteiger charge is 2.09. The number of benzene rings is 1. The van der Waals surface area contributed by atoms with Crippen molar-refractivity contribution >= 4 is 11.6 Å². The number of ether oxygens (including phenoxy) is 1. The SMILES string of the molecule is CC(C)CNCc1c(Cl)cccc1OC(C)C. The highest BCUT2D eigenvalue weighted by atomic mass is 35.5. The van der Waals surface area contributed by atoms with Gasteiger partial charge in [-0.3, -0.25) is 0 Å². The molecule has 1 N–H and O–H groups in total. The molecule has 96 valence electrons. The maximum atomic E-state index is 6.21. The van der Waals surface area contributed by atoms with Gasteiger partial charge in [0.05, 0.1) is 6.10 Å². The van der Waals surface area contributed by atoms with E-state index in [1.54, 1.807) is 0 Å². The molecule has 0 saturated carbocycles. The van der Waals surface area contributed by atoms with Gasteiger partial charge in [0.2, 0.25) is 0 Å². The fourth-order valence-electron chi connectivity index (χ4n) is 1.56. The highest BCUT2D eigenvalue weighted by molar-refractivity contribution is 6.31. The van der Waals surface area contributed by atoms with E-state index in [-0.39, 0.29) is 6.10 Å². The molecule has 0 amide bonds. The second kappa shape index (κ2) is 6.87. The molecule has 0 unspecified atom stereocenters. The van der Waals surface area contributed by atoms with E-state index in [2.05, 4.69) is 19.2 Å². The van der Waals surface area contributed by atoms with Crippen molar-refractivity contribution in [2.24, 2.45) is 5.92 Å². The summed E-state index contributed by atoms with van der Waals surface area (Å²) < 4.78 is 5.76. The van der Waals surface area contributed by atoms with Gasteiger partial charge >= 0.3 is 0 Å². The minimum absolute atomic E-state index is 0.164. The van der Waals surface area contributed by atoms with Gasteiger partial charge in [-0.25, -0.2) is 0 Å². The van der Waals surface area contributed by atoms with E-state index >= 15 is 0 Å². The van der Waals surface area contributed by atoms with Crippen molar-refractivity contribution in [3.05, 3.63) is 28.8 Å². The monoisotopic (exact) mass is 255 g/mol. The Bertz CT molecular complexity index is 350. The lowest BCUT2D eigenvalue weighted by molar-refractivity contribution is 0.239. The van der Waals surface area contributed by atoms with Crippen molar-refractivity contribution in [3.63, 3.8) is 0 Å². The van der Waals surface area contributed by atoms with Gasteiger partial charge in [-0.05, 0) is 38.4 Å². The van der Waals surface area contributed by atoms with Gasteiger partial charge < -0.3 is 10.1 Å². The first-order valence-corrected chi connectivity index (χ1v) is 6.53. The molecule has 0 aromatic heterocycles. The number of hydrogen-bond donors (Lipinski definition) is 1. The van der Waals surface area contributed by atoms with Gasteiger partial charge in [-0.2, -0.15) is 0 Å². The molecular formula is C14H22ClNO. The predicted molar refractivity (Wildman–Crippen MR) is 73.8 cm³/mol. The molecule has 17 heavy (non-hydrogen) atoms. The molecule has 2 nitrogen and oxygen atoms in total. The van der Waals surface area contributed by atoms with Crippen molar-refractivity contribution in [3.8, 4) is 5.75 Å². The van der Waals surface area contributed by atoms with Crippen LogP contribution in [0.4, 0.5) is 0 Å². The van der Waals surface area contributed by atoms with E-state index in [0.29, 0.717) is 5.92 Å². The van der Waals surface area contributed by atoms with Crippen LogP contribution < -0.4 is 10.1 Å². The molecule has 0 atom stereocenters. The first kappa shape index (κ1) is 14.3. The Morgan fingerprint density at radius 1 is 1.24 bits per heavy atom. The molecular weight excluding hydrogens is 234 g/mol. The first-order chi connectivity index (χ1) is 8.00. The van der Waals surface area contributed by atoms with E-state index in [1.165, 1.54) is 0 Å². The smallest absolute Gasteiger partial charge is 0.125 e. The molecule has 0 aliphatic carbocycles. The predicted octanol–water partition coefficient (Wildman–Crippen LogP) is 3.87. The normalized spacial score (nSPS) is 11.2. The summed E-state index contributed by atoms with van der Waals surface area (Å²) in [5.41, 5.74) is 1.04. The minimum atomic E-state index is 0.164. The average Bonchev–Trinajstić information content (AvgIpc) is 2.21. The summed E-state index contributed by atoms with van der Waals surface area (Å²) in [6.07, 6.45) is 0.164. The van der Waals surface area contributed by atoms with E-state index in [1.807, 2.05) is 32.0 Å². The molecule has 0 heterocycles. The second-order valence-electron chi connectivity index (χ2n) is 4.91. The first-order valence-electron chi connectivity index (χ1n) is 6.15. The Hall–Kier alpha value is -0.730. The van der Waals surface area contributed by atoms with Crippen LogP contribution in [-0.2, 0) is 6.54 Å². The minimum Gasteiger partial charge on any atom is -0.491 e. The standard InChI is InChI=1S/C14H22ClNO/c1-10(2)8-16-9-12-13(15)6-5-7-14(12)17-11(3)4/h5-7,10-11,16H,8-9H2,1-4H3. The summed E-state index contributed by atoms with van der Waals surface area (Å²) in [6, 6.07) is 5.80. The zero-order valence-electron chi connectivity index (χ0n) is 11.1. The second-order valence-corrected chi connectivity index (χ2v) is 5.32. The topological polar surface area (TPSA) is 21.3 Å². The lowest BCUT2D eigenvalue weighted by atomic mass is 10.1. The molecule has 0 saturated heterocycles.